The van der Waals surface area contributed by atoms with E-state index in [2.05, 4.69) is 21.8 Å². The van der Waals surface area contributed by atoms with Gasteiger partial charge in [-0.1, -0.05) is 6.58 Å². The Bertz CT molecular complexity index is 323. The topological polar surface area (TPSA) is 36.9 Å². The number of fused-ring (bicyclic) bond motifs is 4. The van der Waals surface area contributed by atoms with Crippen LogP contribution in [-0.4, -0.2) is 49.0 Å². The first kappa shape index (κ1) is 12.3. The smallest absolute Gasteiger partial charge is 0.0874 e. The summed E-state index contributed by atoms with van der Waals surface area (Å²) in [6.07, 6.45) is 4.05. The van der Waals surface area contributed by atoms with Gasteiger partial charge in [-0.05, 0) is 19.9 Å². The van der Waals surface area contributed by atoms with Crippen molar-refractivity contribution in [3.63, 3.8) is 0 Å². The van der Waals surface area contributed by atoms with Gasteiger partial charge in [-0.3, -0.25) is 4.99 Å². The summed E-state index contributed by atoms with van der Waals surface area (Å²) >= 11 is 0. The molecule has 1 N–H and O–H groups in total. The number of nitrogens with one attached hydrogen (secondary N) is 1. The van der Waals surface area contributed by atoms with Crippen LogP contribution in [0.1, 0.15) is 13.8 Å². The fourth-order valence-corrected chi connectivity index (χ4v) is 2.16. The van der Waals surface area contributed by atoms with E-state index in [1.54, 1.807) is 0 Å². The summed E-state index contributed by atoms with van der Waals surface area (Å²) in [7, 11) is 0. The quantitative estimate of drug-likeness (QED) is 0.589. The van der Waals surface area contributed by atoms with E-state index in [1.165, 1.54) is 0 Å². The molecule has 3 heterocycles. The minimum atomic E-state index is 0.281. The Balaban J connectivity index is 2.12. The molecule has 0 aliphatic carbocycles. The monoisotopic (exact) mass is 235 g/mol. The predicted molar refractivity (Wildman–Crippen MR) is 70.2 cm³/mol. The van der Waals surface area contributed by atoms with Crippen molar-refractivity contribution in [2.45, 2.75) is 26.0 Å². The van der Waals surface area contributed by atoms with Crippen molar-refractivity contribution in [1.82, 2.24) is 10.2 Å². The molecule has 17 heavy (non-hydrogen) atoms. The first-order valence-corrected chi connectivity index (χ1v) is 6.12. The summed E-state index contributed by atoms with van der Waals surface area (Å²) in [4.78, 5) is 6.66. The molecule has 2 bridgehead atoms. The molecule has 0 aromatic carbocycles. The van der Waals surface area contributed by atoms with E-state index in [0.29, 0.717) is 6.04 Å². The van der Waals surface area contributed by atoms with Crippen molar-refractivity contribution in [3.8, 4) is 0 Å². The normalized spacial score (nSPS) is 28.8. The SMILES string of the molecule is C=C/C(=C\N=C(C)C)N1CC2COC(CN2)C1. The van der Waals surface area contributed by atoms with Crippen LogP contribution < -0.4 is 5.32 Å². The predicted octanol–water partition coefficient (Wildman–Crippen LogP) is 1.17. The number of hydrogen-bond donors (Lipinski definition) is 1. The first-order chi connectivity index (χ1) is 8.19. The van der Waals surface area contributed by atoms with Gasteiger partial charge in [0.2, 0.25) is 0 Å². The highest BCUT2D eigenvalue weighted by atomic mass is 16.5. The van der Waals surface area contributed by atoms with Gasteiger partial charge in [0, 0.05) is 31.4 Å². The molecule has 0 amide bonds. The zero-order chi connectivity index (χ0) is 12.3. The van der Waals surface area contributed by atoms with Gasteiger partial charge in [0.15, 0.2) is 0 Å². The van der Waals surface area contributed by atoms with E-state index in [-0.39, 0.29) is 6.10 Å². The fraction of sp³-hybridized carbons (Fsp3) is 0.615. The molecule has 0 spiro atoms. The average Bonchev–Trinajstić information content (AvgIpc) is 2.62. The van der Waals surface area contributed by atoms with E-state index < -0.39 is 0 Å². The molecule has 3 rings (SSSR count). The number of morpholine rings is 1. The molecule has 0 saturated carbocycles. The number of nitrogens with zero attached hydrogens (tertiary/aromatic N) is 2. The Morgan fingerprint density at radius 1 is 1.47 bits per heavy atom. The van der Waals surface area contributed by atoms with Crippen molar-refractivity contribution >= 4 is 5.71 Å². The van der Waals surface area contributed by atoms with Gasteiger partial charge < -0.3 is 15.0 Å². The lowest BCUT2D eigenvalue weighted by Gasteiger charge is -2.24. The van der Waals surface area contributed by atoms with Crippen molar-refractivity contribution in [2.75, 3.05) is 26.2 Å². The van der Waals surface area contributed by atoms with Gasteiger partial charge in [0.25, 0.3) is 0 Å². The van der Waals surface area contributed by atoms with Crippen molar-refractivity contribution < 1.29 is 4.74 Å². The van der Waals surface area contributed by atoms with Crippen molar-refractivity contribution in [1.29, 1.82) is 0 Å². The number of hydrogen-bond acceptors (Lipinski definition) is 4. The maximum absolute atomic E-state index is 5.75. The molecular formula is C13H21N3O. The standard InChI is InChI=1S/C13H21N3O/c1-4-12(5-14-10(2)3)16-7-11-9-17-13(8-16)6-15-11/h4-5,11,13,15H,1,6-9H2,2-3H3/b12-5+. The zero-order valence-corrected chi connectivity index (χ0v) is 10.6. The highest BCUT2D eigenvalue weighted by Crippen LogP contribution is 2.16. The first-order valence-electron chi connectivity index (χ1n) is 6.12. The van der Waals surface area contributed by atoms with E-state index in [4.69, 9.17) is 4.74 Å². The fourth-order valence-electron chi connectivity index (χ4n) is 2.16. The summed E-state index contributed by atoms with van der Waals surface area (Å²) in [5.41, 5.74) is 2.13. The molecule has 3 aliphatic rings. The molecule has 3 saturated heterocycles. The summed E-state index contributed by atoms with van der Waals surface area (Å²) < 4.78 is 5.75. The largest absolute Gasteiger partial charge is 0.373 e. The third-order valence-electron chi connectivity index (χ3n) is 3.06. The number of aliphatic imine (C=N–C) groups is 1. The summed E-state index contributed by atoms with van der Waals surface area (Å²) in [5, 5.41) is 3.49. The van der Waals surface area contributed by atoms with Crippen LogP contribution in [-0.2, 0) is 4.74 Å². The molecule has 3 aliphatic heterocycles. The van der Waals surface area contributed by atoms with E-state index in [9.17, 15) is 0 Å². The van der Waals surface area contributed by atoms with Gasteiger partial charge in [-0.15, -0.1) is 0 Å². The third kappa shape index (κ3) is 3.17. The molecule has 4 heteroatoms. The highest BCUT2D eigenvalue weighted by molar-refractivity contribution is 5.79. The van der Waals surface area contributed by atoms with Crippen LogP contribution in [0.2, 0.25) is 0 Å². The number of ether oxygens (including phenoxy) is 1. The lowest BCUT2D eigenvalue weighted by Crippen LogP contribution is -2.45. The maximum Gasteiger partial charge on any atom is 0.0874 e. The second kappa shape index (κ2) is 5.47. The molecule has 0 aromatic heterocycles. The average molecular weight is 235 g/mol. The van der Waals surface area contributed by atoms with E-state index in [0.717, 1.165) is 37.6 Å². The minimum absolute atomic E-state index is 0.281. The molecule has 2 unspecified atom stereocenters. The Morgan fingerprint density at radius 3 is 2.88 bits per heavy atom. The van der Waals surface area contributed by atoms with Crippen LogP contribution >= 0.6 is 0 Å². The molecule has 2 atom stereocenters. The van der Waals surface area contributed by atoms with Gasteiger partial charge in [-0.25, -0.2) is 0 Å². The molecule has 94 valence electrons. The van der Waals surface area contributed by atoms with Gasteiger partial charge in [0.05, 0.1) is 24.6 Å². The van der Waals surface area contributed by atoms with Gasteiger partial charge in [0.1, 0.15) is 0 Å². The second-order valence-electron chi connectivity index (χ2n) is 4.80. The molecule has 0 aromatic rings. The van der Waals surface area contributed by atoms with E-state index in [1.807, 2.05) is 26.1 Å². The van der Waals surface area contributed by atoms with Crippen LogP contribution in [0, 0.1) is 0 Å². The van der Waals surface area contributed by atoms with Gasteiger partial charge in [-0.2, -0.15) is 0 Å². The van der Waals surface area contributed by atoms with Crippen LogP contribution in [0.4, 0.5) is 0 Å². The Labute approximate surface area is 103 Å². The third-order valence-corrected chi connectivity index (χ3v) is 3.06. The van der Waals surface area contributed by atoms with Crippen LogP contribution in [0.15, 0.2) is 29.5 Å². The lowest BCUT2D eigenvalue weighted by molar-refractivity contribution is 0.0223. The van der Waals surface area contributed by atoms with Gasteiger partial charge >= 0.3 is 0 Å². The van der Waals surface area contributed by atoms with Crippen LogP contribution in [0.5, 0.6) is 0 Å². The molecule has 0 radical (unpaired) electrons. The number of rotatable bonds is 3. The van der Waals surface area contributed by atoms with Crippen LogP contribution in [0.3, 0.4) is 0 Å². The molecular weight excluding hydrogens is 214 g/mol. The zero-order valence-electron chi connectivity index (χ0n) is 10.6. The van der Waals surface area contributed by atoms with Crippen molar-refractivity contribution in [3.05, 3.63) is 24.6 Å². The molecule has 4 nitrogen and oxygen atoms in total. The highest BCUT2D eigenvalue weighted by Gasteiger charge is 2.29. The Morgan fingerprint density at radius 2 is 2.29 bits per heavy atom. The molecule has 3 fully saturated rings. The minimum Gasteiger partial charge on any atom is -0.373 e. The summed E-state index contributed by atoms with van der Waals surface area (Å²) in [6, 6.07) is 0.420. The van der Waals surface area contributed by atoms with Crippen molar-refractivity contribution in [2.24, 2.45) is 4.99 Å². The number of allylic oxidation sites excluding steroid dienone is 1. The summed E-state index contributed by atoms with van der Waals surface area (Å²) in [6.45, 7) is 11.5. The van der Waals surface area contributed by atoms with Crippen LogP contribution in [0.25, 0.3) is 0 Å². The lowest BCUT2D eigenvalue weighted by atomic mass is 10.2. The van der Waals surface area contributed by atoms with E-state index >= 15 is 0 Å². The Kier molecular flexibility index (Phi) is 3.97. The maximum atomic E-state index is 5.75. The summed E-state index contributed by atoms with van der Waals surface area (Å²) in [5.74, 6) is 0. The second-order valence-corrected chi connectivity index (χ2v) is 4.80. The Hall–Kier alpha value is -1.13.